The molecule has 3 aromatic rings. The average molecular weight is 431 g/mol. The summed E-state index contributed by atoms with van der Waals surface area (Å²) >= 11 is 1.57. The lowest BCUT2D eigenvalue weighted by atomic mass is 10.1. The lowest BCUT2D eigenvalue weighted by Gasteiger charge is -2.27. The van der Waals surface area contributed by atoms with E-state index >= 15 is 0 Å². The molecule has 1 fully saturated rings. The van der Waals surface area contributed by atoms with E-state index in [4.69, 9.17) is 4.52 Å². The van der Waals surface area contributed by atoms with Crippen LogP contribution in [0.2, 0.25) is 0 Å². The Kier molecular flexibility index (Phi) is 5.31. The van der Waals surface area contributed by atoms with Crippen LogP contribution in [0.4, 0.5) is 0 Å². The number of rotatable bonds is 5. The zero-order chi connectivity index (χ0) is 20.6. The minimum Gasteiger partial charge on any atom is -0.355 e. The summed E-state index contributed by atoms with van der Waals surface area (Å²) in [5, 5.41) is 5.96. The molecule has 2 aromatic heterocycles. The van der Waals surface area contributed by atoms with E-state index in [1.54, 1.807) is 22.3 Å². The molecule has 6 nitrogen and oxygen atoms in total. The van der Waals surface area contributed by atoms with Crippen LogP contribution in [0.25, 0.3) is 11.3 Å². The minimum atomic E-state index is -3.12. The van der Waals surface area contributed by atoms with Crippen molar-refractivity contribution in [2.24, 2.45) is 0 Å². The van der Waals surface area contributed by atoms with Crippen molar-refractivity contribution in [2.75, 3.05) is 11.5 Å². The molecular weight excluding hydrogens is 408 g/mol. The second-order valence-electron chi connectivity index (χ2n) is 7.46. The van der Waals surface area contributed by atoms with Gasteiger partial charge in [0, 0.05) is 22.5 Å². The Morgan fingerprint density at radius 2 is 2.00 bits per heavy atom. The normalized spacial score (nSPS) is 18.1. The molecule has 1 unspecified atom stereocenters. The minimum absolute atomic E-state index is 0.00810. The fraction of sp³-hybridized carbons (Fsp3) is 0.333. The number of hydrogen-bond acceptors (Lipinski definition) is 6. The first kappa shape index (κ1) is 19.8. The molecule has 0 spiro atoms. The summed E-state index contributed by atoms with van der Waals surface area (Å²) in [6.45, 7) is 4.36. The molecule has 0 aliphatic carbocycles. The van der Waals surface area contributed by atoms with Crippen LogP contribution >= 0.6 is 11.3 Å². The Bertz CT molecular complexity index is 1130. The lowest BCUT2D eigenvalue weighted by Crippen LogP contribution is -2.40. The van der Waals surface area contributed by atoms with Crippen molar-refractivity contribution in [1.82, 2.24) is 10.1 Å². The van der Waals surface area contributed by atoms with E-state index in [0.717, 1.165) is 21.6 Å². The number of amides is 1. The van der Waals surface area contributed by atoms with Crippen molar-refractivity contribution in [1.29, 1.82) is 0 Å². The molecule has 3 heterocycles. The Morgan fingerprint density at radius 1 is 1.24 bits per heavy atom. The monoisotopic (exact) mass is 430 g/mol. The maximum atomic E-state index is 13.3. The SMILES string of the molecule is Cc1ccc(-c2cc(C(=O)N(Cc3sccc3C)C3CCS(=O)(=O)C3)no2)cc1. The first-order chi connectivity index (χ1) is 13.8. The highest BCUT2D eigenvalue weighted by Gasteiger charge is 2.36. The van der Waals surface area contributed by atoms with Gasteiger partial charge in [0.2, 0.25) is 0 Å². The molecule has 1 aliphatic rings. The summed E-state index contributed by atoms with van der Waals surface area (Å²) in [6.07, 6.45) is 0.446. The molecule has 0 bridgehead atoms. The molecule has 0 radical (unpaired) electrons. The van der Waals surface area contributed by atoms with Gasteiger partial charge in [0.1, 0.15) is 0 Å². The van der Waals surface area contributed by atoms with Crippen LogP contribution in [0.15, 0.2) is 46.3 Å². The van der Waals surface area contributed by atoms with Gasteiger partial charge in [-0.15, -0.1) is 11.3 Å². The molecule has 1 amide bonds. The summed E-state index contributed by atoms with van der Waals surface area (Å²) < 4.78 is 29.5. The highest BCUT2D eigenvalue weighted by molar-refractivity contribution is 7.91. The third-order valence-corrected chi connectivity index (χ3v) is 8.02. The Labute approximate surface area is 174 Å². The smallest absolute Gasteiger partial charge is 0.276 e. The van der Waals surface area contributed by atoms with Gasteiger partial charge in [-0.2, -0.15) is 0 Å². The molecule has 152 valence electrons. The van der Waals surface area contributed by atoms with Crippen LogP contribution in [0.5, 0.6) is 0 Å². The second-order valence-corrected chi connectivity index (χ2v) is 10.7. The van der Waals surface area contributed by atoms with Crippen molar-refractivity contribution in [3.05, 3.63) is 63.5 Å². The molecule has 1 aliphatic heterocycles. The highest BCUT2D eigenvalue weighted by Crippen LogP contribution is 2.27. The van der Waals surface area contributed by atoms with Gasteiger partial charge in [-0.05, 0) is 37.3 Å². The fourth-order valence-electron chi connectivity index (χ4n) is 3.49. The molecular formula is C21H22N2O4S2. The summed E-state index contributed by atoms with van der Waals surface area (Å²) in [4.78, 5) is 16.0. The lowest BCUT2D eigenvalue weighted by molar-refractivity contribution is 0.0672. The van der Waals surface area contributed by atoms with E-state index in [2.05, 4.69) is 5.16 Å². The fourth-order valence-corrected chi connectivity index (χ4v) is 6.12. The van der Waals surface area contributed by atoms with E-state index in [0.29, 0.717) is 18.7 Å². The zero-order valence-electron chi connectivity index (χ0n) is 16.3. The van der Waals surface area contributed by atoms with Crippen molar-refractivity contribution in [2.45, 2.75) is 32.9 Å². The first-order valence-electron chi connectivity index (χ1n) is 9.40. The number of aromatic nitrogens is 1. The molecule has 1 saturated heterocycles. The van der Waals surface area contributed by atoms with Gasteiger partial charge in [0.15, 0.2) is 21.3 Å². The van der Waals surface area contributed by atoms with Crippen LogP contribution in [0.1, 0.15) is 32.9 Å². The number of nitrogens with zero attached hydrogens (tertiary/aromatic N) is 2. The topological polar surface area (TPSA) is 80.5 Å². The maximum absolute atomic E-state index is 13.3. The quantitative estimate of drug-likeness (QED) is 0.614. The van der Waals surface area contributed by atoms with Crippen LogP contribution in [0.3, 0.4) is 0 Å². The zero-order valence-corrected chi connectivity index (χ0v) is 17.9. The predicted molar refractivity (Wildman–Crippen MR) is 113 cm³/mol. The number of hydrogen-bond donors (Lipinski definition) is 0. The second kappa shape index (κ2) is 7.76. The summed E-state index contributed by atoms with van der Waals surface area (Å²) in [5.41, 5.74) is 3.25. The van der Waals surface area contributed by atoms with Gasteiger partial charge in [0.05, 0.1) is 18.1 Å². The number of carbonyl (C=O) groups excluding carboxylic acids is 1. The van der Waals surface area contributed by atoms with Gasteiger partial charge in [-0.25, -0.2) is 8.42 Å². The number of benzene rings is 1. The van der Waals surface area contributed by atoms with Gasteiger partial charge in [-0.1, -0.05) is 35.0 Å². The van der Waals surface area contributed by atoms with Gasteiger partial charge in [0.25, 0.3) is 5.91 Å². The molecule has 0 saturated carbocycles. The number of sulfone groups is 1. The highest BCUT2D eigenvalue weighted by atomic mass is 32.2. The largest absolute Gasteiger partial charge is 0.355 e. The van der Waals surface area contributed by atoms with Crippen LogP contribution < -0.4 is 0 Å². The van der Waals surface area contributed by atoms with Crippen LogP contribution in [0, 0.1) is 13.8 Å². The van der Waals surface area contributed by atoms with E-state index in [9.17, 15) is 13.2 Å². The number of thiophene rings is 1. The Hall–Kier alpha value is -2.45. The first-order valence-corrected chi connectivity index (χ1v) is 12.1. The summed E-state index contributed by atoms with van der Waals surface area (Å²) in [7, 11) is -3.12. The number of carbonyl (C=O) groups is 1. The number of aryl methyl sites for hydroxylation is 2. The Balaban J connectivity index is 1.62. The predicted octanol–water partition coefficient (Wildman–Crippen LogP) is 3.85. The average Bonchev–Trinajstić information content (AvgIpc) is 3.40. The van der Waals surface area contributed by atoms with Gasteiger partial charge in [-0.3, -0.25) is 4.79 Å². The van der Waals surface area contributed by atoms with Crippen molar-refractivity contribution < 1.29 is 17.7 Å². The third kappa shape index (κ3) is 4.28. The molecule has 8 heteroatoms. The maximum Gasteiger partial charge on any atom is 0.276 e. The summed E-state index contributed by atoms with van der Waals surface area (Å²) in [5.74, 6) is 0.311. The molecule has 1 aromatic carbocycles. The third-order valence-electron chi connectivity index (χ3n) is 5.26. The molecule has 29 heavy (non-hydrogen) atoms. The van der Waals surface area contributed by atoms with Crippen LogP contribution in [-0.2, 0) is 16.4 Å². The summed E-state index contributed by atoms with van der Waals surface area (Å²) in [6, 6.07) is 11.0. The van der Waals surface area contributed by atoms with E-state index in [1.165, 1.54) is 0 Å². The van der Waals surface area contributed by atoms with Crippen molar-refractivity contribution in [3.63, 3.8) is 0 Å². The molecule has 0 N–H and O–H groups in total. The standard InChI is InChI=1S/C21H22N2O4S2/c1-14-3-5-16(6-4-14)19-11-18(22-27-19)21(24)23(12-20-15(2)7-9-28-20)17-8-10-29(25,26)13-17/h3-7,9,11,17H,8,10,12-13H2,1-2H3. The van der Waals surface area contributed by atoms with Crippen LogP contribution in [-0.4, -0.2) is 41.9 Å². The van der Waals surface area contributed by atoms with E-state index < -0.39 is 9.84 Å². The van der Waals surface area contributed by atoms with Gasteiger partial charge >= 0.3 is 0 Å². The molecule has 1 atom stereocenters. The van der Waals surface area contributed by atoms with E-state index in [-0.39, 0.29) is 29.1 Å². The van der Waals surface area contributed by atoms with Crippen molar-refractivity contribution >= 4 is 27.1 Å². The van der Waals surface area contributed by atoms with E-state index in [1.807, 2.05) is 49.6 Å². The molecule has 4 rings (SSSR count). The Morgan fingerprint density at radius 3 is 2.62 bits per heavy atom. The van der Waals surface area contributed by atoms with Gasteiger partial charge < -0.3 is 9.42 Å². The van der Waals surface area contributed by atoms with Crippen molar-refractivity contribution in [3.8, 4) is 11.3 Å².